The Hall–Kier alpha value is -3.13. The molecule has 0 unspecified atom stereocenters. The Balaban J connectivity index is 1.74. The zero-order valence-corrected chi connectivity index (χ0v) is 18.0. The molecular weight excluding hydrogens is 404 g/mol. The molecule has 1 amide bonds. The minimum atomic E-state index is -3.77. The number of carbonyl (C=O) groups excluding carboxylic acids is 1. The van der Waals surface area contributed by atoms with Crippen LogP contribution in [0.5, 0.6) is 5.75 Å². The third-order valence-corrected chi connectivity index (χ3v) is 6.39. The fourth-order valence-corrected chi connectivity index (χ4v) is 4.40. The van der Waals surface area contributed by atoms with Crippen molar-refractivity contribution in [2.45, 2.75) is 31.6 Å². The van der Waals surface area contributed by atoms with E-state index in [0.29, 0.717) is 22.7 Å². The van der Waals surface area contributed by atoms with Gasteiger partial charge < -0.3 is 14.6 Å². The van der Waals surface area contributed by atoms with Gasteiger partial charge in [-0.25, -0.2) is 8.42 Å². The van der Waals surface area contributed by atoms with E-state index in [1.165, 1.54) is 13.2 Å². The molecule has 0 fully saturated rings. The summed E-state index contributed by atoms with van der Waals surface area (Å²) in [5.74, 6) is -0.0459. The minimum absolute atomic E-state index is 0.0108. The highest BCUT2D eigenvalue weighted by atomic mass is 32.2. The average molecular weight is 429 g/mol. The monoisotopic (exact) mass is 428 g/mol. The molecule has 0 bridgehead atoms. The number of sulfone groups is 1. The lowest BCUT2D eigenvalue weighted by Crippen LogP contribution is -2.18. The number of benzene rings is 2. The maximum Gasteiger partial charge on any atom is 0.225 e. The summed E-state index contributed by atoms with van der Waals surface area (Å²) >= 11 is 0. The van der Waals surface area contributed by atoms with E-state index < -0.39 is 9.84 Å². The molecular formula is C22H24N2O5S. The SMILES string of the molecule is CCc1ccc(NC(=O)CCS(=O)(=O)c2cc(-c3cc(C)no3)ccc2OC)cc1. The number of aromatic nitrogens is 1. The quantitative estimate of drug-likeness (QED) is 0.582. The normalized spacial score (nSPS) is 11.3. The lowest BCUT2D eigenvalue weighted by Gasteiger charge is -2.11. The summed E-state index contributed by atoms with van der Waals surface area (Å²) in [6.07, 6.45) is 0.730. The van der Waals surface area contributed by atoms with Crippen molar-refractivity contribution in [1.29, 1.82) is 0 Å². The van der Waals surface area contributed by atoms with Gasteiger partial charge in [-0.3, -0.25) is 4.79 Å². The van der Waals surface area contributed by atoms with Crippen LogP contribution in [0.2, 0.25) is 0 Å². The second-order valence-electron chi connectivity index (χ2n) is 6.87. The fraction of sp³-hybridized carbons (Fsp3) is 0.273. The first-order valence-electron chi connectivity index (χ1n) is 9.55. The largest absolute Gasteiger partial charge is 0.495 e. The van der Waals surface area contributed by atoms with Crippen LogP contribution < -0.4 is 10.1 Å². The number of rotatable bonds is 8. The van der Waals surface area contributed by atoms with Crippen molar-refractivity contribution in [1.82, 2.24) is 5.16 Å². The molecule has 1 N–H and O–H groups in total. The van der Waals surface area contributed by atoms with Gasteiger partial charge >= 0.3 is 0 Å². The van der Waals surface area contributed by atoms with E-state index >= 15 is 0 Å². The van der Waals surface area contributed by atoms with Crippen LogP contribution in [0.15, 0.2) is 57.9 Å². The van der Waals surface area contributed by atoms with Gasteiger partial charge in [0.25, 0.3) is 0 Å². The zero-order chi connectivity index (χ0) is 21.7. The Morgan fingerprint density at radius 1 is 1.13 bits per heavy atom. The van der Waals surface area contributed by atoms with Crippen molar-refractivity contribution in [2.75, 3.05) is 18.2 Å². The number of nitrogens with one attached hydrogen (secondary N) is 1. The first-order valence-corrected chi connectivity index (χ1v) is 11.2. The second kappa shape index (κ2) is 9.13. The molecule has 3 aromatic rings. The highest BCUT2D eigenvalue weighted by Gasteiger charge is 2.22. The molecule has 0 spiro atoms. The topological polar surface area (TPSA) is 98.5 Å². The summed E-state index contributed by atoms with van der Waals surface area (Å²) < 4.78 is 36.3. The number of nitrogens with zero attached hydrogens (tertiary/aromatic N) is 1. The van der Waals surface area contributed by atoms with E-state index in [4.69, 9.17) is 9.26 Å². The molecule has 0 aliphatic rings. The van der Waals surface area contributed by atoms with Crippen molar-refractivity contribution in [2.24, 2.45) is 0 Å². The molecule has 2 aromatic carbocycles. The predicted molar refractivity (Wildman–Crippen MR) is 114 cm³/mol. The van der Waals surface area contributed by atoms with Crippen molar-refractivity contribution >= 4 is 21.4 Å². The summed E-state index contributed by atoms with van der Waals surface area (Å²) in [4.78, 5) is 12.3. The van der Waals surface area contributed by atoms with Crippen LogP contribution in [0.25, 0.3) is 11.3 Å². The van der Waals surface area contributed by atoms with Gasteiger partial charge in [-0.05, 0) is 49.2 Å². The number of carbonyl (C=O) groups is 1. The number of hydrogen-bond donors (Lipinski definition) is 1. The molecule has 30 heavy (non-hydrogen) atoms. The molecule has 1 heterocycles. The number of methoxy groups -OCH3 is 1. The zero-order valence-electron chi connectivity index (χ0n) is 17.1. The third kappa shape index (κ3) is 5.07. The van der Waals surface area contributed by atoms with Crippen molar-refractivity contribution < 1.29 is 22.5 Å². The molecule has 0 aliphatic carbocycles. The number of hydrogen-bond acceptors (Lipinski definition) is 6. The van der Waals surface area contributed by atoms with E-state index in [1.54, 1.807) is 37.3 Å². The van der Waals surface area contributed by atoms with Crippen molar-refractivity contribution in [3.63, 3.8) is 0 Å². The Labute approximate surface area is 176 Å². The smallest absolute Gasteiger partial charge is 0.225 e. The van der Waals surface area contributed by atoms with Crippen LogP contribution in [0.4, 0.5) is 5.69 Å². The lowest BCUT2D eigenvalue weighted by molar-refractivity contribution is -0.115. The number of aryl methyl sites for hydroxylation is 2. The molecule has 0 atom stereocenters. The Morgan fingerprint density at radius 2 is 1.87 bits per heavy atom. The van der Waals surface area contributed by atoms with Gasteiger partial charge in [-0.15, -0.1) is 0 Å². The van der Waals surface area contributed by atoms with Crippen LogP contribution in [-0.2, 0) is 21.1 Å². The van der Waals surface area contributed by atoms with Gasteiger partial charge in [0.1, 0.15) is 10.6 Å². The highest BCUT2D eigenvalue weighted by molar-refractivity contribution is 7.91. The van der Waals surface area contributed by atoms with Gasteiger partial charge in [0.05, 0.1) is 18.6 Å². The predicted octanol–water partition coefficient (Wildman–Crippen LogP) is 4.02. The van der Waals surface area contributed by atoms with Crippen molar-refractivity contribution in [3.05, 3.63) is 59.8 Å². The van der Waals surface area contributed by atoms with Crippen LogP contribution >= 0.6 is 0 Å². The van der Waals surface area contributed by atoms with Crippen LogP contribution in [0, 0.1) is 6.92 Å². The molecule has 3 rings (SSSR count). The maximum atomic E-state index is 12.9. The number of amides is 1. The molecule has 0 saturated heterocycles. The highest BCUT2D eigenvalue weighted by Crippen LogP contribution is 2.31. The Bertz CT molecular complexity index is 1130. The van der Waals surface area contributed by atoms with Crippen LogP contribution in [-0.4, -0.2) is 32.3 Å². The number of ether oxygens (including phenoxy) is 1. The second-order valence-corrected chi connectivity index (χ2v) is 8.94. The van der Waals surface area contributed by atoms with Gasteiger partial charge in [0.2, 0.25) is 5.91 Å². The molecule has 158 valence electrons. The van der Waals surface area contributed by atoms with Crippen LogP contribution in [0.3, 0.4) is 0 Å². The average Bonchev–Trinajstić information content (AvgIpc) is 3.19. The van der Waals surface area contributed by atoms with Gasteiger partial charge in [0, 0.05) is 23.7 Å². The van der Waals surface area contributed by atoms with E-state index in [9.17, 15) is 13.2 Å². The van der Waals surface area contributed by atoms with Gasteiger partial charge in [-0.1, -0.05) is 24.2 Å². The number of anilines is 1. The van der Waals surface area contributed by atoms with Crippen molar-refractivity contribution in [3.8, 4) is 17.1 Å². The first-order chi connectivity index (χ1) is 14.3. The summed E-state index contributed by atoms with van der Waals surface area (Å²) in [7, 11) is -2.37. The molecule has 8 heteroatoms. The summed E-state index contributed by atoms with van der Waals surface area (Å²) in [5, 5.41) is 6.56. The molecule has 7 nitrogen and oxygen atoms in total. The van der Waals surface area contributed by atoms with E-state index in [0.717, 1.165) is 12.0 Å². The van der Waals surface area contributed by atoms with Crippen LogP contribution in [0.1, 0.15) is 24.6 Å². The van der Waals surface area contributed by atoms with E-state index in [1.807, 2.05) is 19.1 Å². The lowest BCUT2D eigenvalue weighted by atomic mass is 10.1. The maximum absolute atomic E-state index is 12.9. The molecule has 0 saturated carbocycles. The summed E-state index contributed by atoms with van der Waals surface area (Å²) in [5.41, 5.74) is 3.05. The Kier molecular flexibility index (Phi) is 6.56. The summed E-state index contributed by atoms with van der Waals surface area (Å²) in [6.45, 7) is 3.83. The molecule has 0 aliphatic heterocycles. The Morgan fingerprint density at radius 3 is 2.47 bits per heavy atom. The van der Waals surface area contributed by atoms with Gasteiger partial charge in [0.15, 0.2) is 15.6 Å². The summed E-state index contributed by atoms with van der Waals surface area (Å²) in [6, 6.07) is 13.9. The van der Waals surface area contributed by atoms with E-state index in [2.05, 4.69) is 10.5 Å². The molecule has 1 aromatic heterocycles. The van der Waals surface area contributed by atoms with E-state index in [-0.39, 0.29) is 28.7 Å². The first kappa shape index (κ1) is 21.6. The standard InChI is InChI=1S/C22H24N2O5S/c1-4-16-5-8-18(9-6-16)23-22(25)11-12-30(26,27)21-14-17(7-10-19(21)28-3)20-13-15(2)24-29-20/h5-10,13-14H,4,11-12H2,1-3H3,(H,23,25). The van der Waals surface area contributed by atoms with Gasteiger partial charge in [-0.2, -0.15) is 0 Å². The molecule has 0 radical (unpaired) electrons. The minimum Gasteiger partial charge on any atom is -0.495 e. The fourth-order valence-electron chi connectivity index (χ4n) is 2.96. The third-order valence-electron chi connectivity index (χ3n) is 4.65.